The van der Waals surface area contributed by atoms with Crippen LogP contribution in [0.25, 0.3) is 11.3 Å². The zero-order chi connectivity index (χ0) is 18.0. The monoisotopic (exact) mass is 391 g/mol. The van der Waals surface area contributed by atoms with Crippen LogP contribution >= 0.6 is 11.3 Å². The molecule has 0 spiro atoms. The molecule has 0 radical (unpaired) electrons. The first kappa shape index (κ1) is 17.9. The zero-order valence-corrected chi connectivity index (χ0v) is 16.6. The highest BCUT2D eigenvalue weighted by Crippen LogP contribution is 2.30. The molecule has 0 saturated carbocycles. The predicted octanol–water partition coefficient (Wildman–Crippen LogP) is 3.98. The van der Waals surface area contributed by atoms with Gasteiger partial charge >= 0.3 is 0 Å². The fraction of sp³-hybridized carbons (Fsp3) is 0.526. The molecule has 0 bridgehead atoms. The molecule has 26 heavy (non-hydrogen) atoms. The second-order valence-electron chi connectivity index (χ2n) is 7.05. The second kappa shape index (κ2) is 7.66. The highest BCUT2D eigenvalue weighted by atomic mass is 32.2. The summed E-state index contributed by atoms with van der Waals surface area (Å²) in [7, 11) is -3.38. The molecule has 2 aromatic rings. The van der Waals surface area contributed by atoms with Crippen LogP contribution in [0, 0.1) is 0 Å². The van der Waals surface area contributed by atoms with Gasteiger partial charge in [0.15, 0.2) is 5.13 Å². The first-order valence-electron chi connectivity index (χ1n) is 9.46. The molecule has 3 heterocycles. The maximum absolute atomic E-state index is 12.9. The minimum Gasteiger partial charge on any atom is -0.348 e. The van der Waals surface area contributed by atoms with E-state index in [2.05, 4.69) is 10.3 Å². The van der Waals surface area contributed by atoms with Crippen LogP contribution in [-0.2, 0) is 10.0 Å². The minimum atomic E-state index is -3.38. The van der Waals surface area contributed by atoms with Crippen molar-refractivity contribution >= 4 is 26.5 Å². The third kappa shape index (κ3) is 3.66. The van der Waals surface area contributed by atoms with Gasteiger partial charge in [-0.1, -0.05) is 25.0 Å². The summed E-state index contributed by atoms with van der Waals surface area (Å²) >= 11 is 1.66. The van der Waals surface area contributed by atoms with Gasteiger partial charge in [0, 0.05) is 37.1 Å². The third-order valence-electron chi connectivity index (χ3n) is 5.22. The van der Waals surface area contributed by atoms with Gasteiger partial charge in [-0.2, -0.15) is 4.31 Å². The number of hydrogen-bond donors (Lipinski definition) is 0. The molecule has 7 heteroatoms. The number of anilines is 1. The number of rotatable bonds is 4. The fourth-order valence-electron chi connectivity index (χ4n) is 3.68. The van der Waals surface area contributed by atoms with E-state index < -0.39 is 10.0 Å². The molecule has 0 amide bonds. The van der Waals surface area contributed by atoms with Crippen LogP contribution in [0.15, 0.2) is 34.5 Å². The van der Waals surface area contributed by atoms with Crippen molar-refractivity contribution in [2.24, 2.45) is 0 Å². The summed E-state index contributed by atoms with van der Waals surface area (Å²) < 4.78 is 27.4. The Kier molecular flexibility index (Phi) is 5.29. The van der Waals surface area contributed by atoms with Gasteiger partial charge in [0.2, 0.25) is 10.0 Å². The molecule has 140 valence electrons. The summed E-state index contributed by atoms with van der Waals surface area (Å²) in [6.45, 7) is 3.44. The van der Waals surface area contributed by atoms with E-state index in [9.17, 15) is 8.42 Å². The molecule has 0 atom stereocenters. The predicted molar refractivity (Wildman–Crippen MR) is 106 cm³/mol. The van der Waals surface area contributed by atoms with Gasteiger partial charge in [0.25, 0.3) is 0 Å². The quantitative estimate of drug-likeness (QED) is 0.791. The first-order valence-corrected chi connectivity index (χ1v) is 11.8. The van der Waals surface area contributed by atoms with Crippen LogP contribution < -0.4 is 4.90 Å². The van der Waals surface area contributed by atoms with E-state index in [-0.39, 0.29) is 0 Å². The summed E-state index contributed by atoms with van der Waals surface area (Å²) in [5, 5.41) is 3.13. The first-order chi connectivity index (χ1) is 12.6. The Hall–Kier alpha value is -1.44. The van der Waals surface area contributed by atoms with E-state index in [0.717, 1.165) is 55.2 Å². The summed E-state index contributed by atoms with van der Waals surface area (Å²) in [5.41, 5.74) is 1.90. The Morgan fingerprint density at radius 1 is 0.846 bits per heavy atom. The summed E-state index contributed by atoms with van der Waals surface area (Å²) in [6.07, 6.45) is 6.61. The largest absolute Gasteiger partial charge is 0.348 e. The number of thiazole rings is 1. The van der Waals surface area contributed by atoms with Gasteiger partial charge < -0.3 is 4.90 Å². The molecule has 2 aliphatic heterocycles. The molecule has 0 unspecified atom stereocenters. The number of nitrogens with zero attached hydrogens (tertiary/aromatic N) is 3. The lowest BCUT2D eigenvalue weighted by Crippen LogP contribution is -2.31. The molecule has 1 aromatic heterocycles. The summed E-state index contributed by atoms with van der Waals surface area (Å²) in [5.74, 6) is 0. The Labute approximate surface area is 159 Å². The van der Waals surface area contributed by atoms with Crippen molar-refractivity contribution in [3.05, 3.63) is 29.6 Å². The van der Waals surface area contributed by atoms with Crippen LogP contribution in [0.5, 0.6) is 0 Å². The van der Waals surface area contributed by atoms with Gasteiger partial charge in [-0.05, 0) is 37.8 Å². The maximum atomic E-state index is 12.9. The van der Waals surface area contributed by atoms with E-state index in [0.29, 0.717) is 18.0 Å². The van der Waals surface area contributed by atoms with Gasteiger partial charge in [-0.25, -0.2) is 13.4 Å². The van der Waals surface area contributed by atoms with Gasteiger partial charge in [0.1, 0.15) is 0 Å². The van der Waals surface area contributed by atoms with Crippen molar-refractivity contribution in [1.82, 2.24) is 9.29 Å². The van der Waals surface area contributed by atoms with Gasteiger partial charge in [-0.15, -0.1) is 11.3 Å². The lowest BCUT2D eigenvalue weighted by atomic mass is 10.2. The van der Waals surface area contributed by atoms with E-state index in [4.69, 9.17) is 4.98 Å². The highest BCUT2D eigenvalue weighted by molar-refractivity contribution is 7.89. The van der Waals surface area contributed by atoms with Crippen LogP contribution in [0.1, 0.15) is 38.5 Å². The number of aromatic nitrogens is 1. The normalized spacial score (nSPS) is 19.6. The van der Waals surface area contributed by atoms with Crippen molar-refractivity contribution < 1.29 is 8.42 Å². The van der Waals surface area contributed by atoms with E-state index >= 15 is 0 Å². The third-order valence-corrected chi connectivity index (χ3v) is 8.04. The van der Waals surface area contributed by atoms with Crippen LogP contribution in [0.4, 0.5) is 5.13 Å². The van der Waals surface area contributed by atoms with Crippen molar-refractivity contribution in [2.45, 2.75) is 43.4 Å². The molecule has 2 fully saturated rings. The highest BCUT2D eigenvalue weighted by Gasteiger charge is 2.25. The standard InChI is InChI=1S/C19H25N3O2S2/c23-26(24,22-13-3-1-2-4-14-22)17-9-7-16(8-10-17)18-15-25-19(20-18)21-11-5-6-12-21/h7-10,15H,1-6,11-14H2. The molecule has 5 nitrogen and oxygen atoms in total. The van der Waals surface area contributed by atoms with E-state index in [1.54, 1.807) is 27.8 Å². The summed E-state index contributed by atoms with van der Waals surface area (Å²) in [6, 6.07) is 7.22. The molecule has 1 aromatic carbocycles. The lowest BCUT2D eigenvalue weighted by Gasteiger charge is -2.20. The van der Waals surface area contributed by atoms with Crippen molar-refractivity contribution in [1.29, 1.82) is 0 Å². The Morgan fingerprint density at radius 3 is 2.12 bits per heavy atom. The Balaban J connectivity index is 1.53. The second-order valence-corrected chi connectivity index (χ2v) is 9.83. The molecular formula is C19H25N3O2S2. The minimum absolute atomic E-state index is 0.387. The molecule has 0 N–H and O–H groups in total. The SMILES string of the molecule is O=S(=O)(c1ccc(-c2csc(N3CCCC3)n2)cc1)N1CCCCCC1. The van der Waals surface area contributed by atoms with Crippen LogP contribution in [0.2, 0.25) is 0 Å². The average Bonchev–Trinajstić information content (AvgIpc) is 3.28. The van der Waals surface area contributed by atoms with Crippen molar-refractivity contribution in [3.63, 3.8) is 0 Å². The van der Waals surface area contributed by atoms with Crippen LogP contribution in [-0.4, -0.2) is 43.9 Å². The van der Waals surface area contributed by atoms with E-state index in [1.165, 1.54) is 12.8 Å². The molecule has 0 aliphatic carbocycles. The fourth-order valence-corrected chi connectivity index (χ4v) is 6.08. The number of sulfonamides is 1. The zero-order valence-electron chi connectivity index (χ0n) is 14.9. The topological polar surface area (TPSA) is 53.5 Å². The molecule has 2 aliphatic rings. The lowest BCUT2D eigenvalue weighted by molar-refractivity contribution is 0.424. The molecule has 4 rings (SSSR count). The van der Waals surface area contributed by atoms with Crippen molar-refractivity contribution in [3.8, 4) is 11.3 Å². The number of benzene rings is 1. The smallest absolute Gasteiger partial charge is 0.243 e. The Morgan fingerprint density at radius 2 is 1.46 bits per heavy atom. The summed E-state index contributed by atoms with van der Waals surface area (Å²) in [4.78, 5) is 7.45. The maximum Gasteiger partial charge on any atom is 0.243 e. The van der Waals surface area contributed by atoms with Crippen LogP contribution in [0.3, 0.4) is 0 Å². The average molecular weight is 392 g/mol. The molecular weight excluding hydrogens is 366 g/mol. The van der Waals surface area contributed by atoms with E-state index in [1.807, 2.05) is 12.1 Å². The Bertz CT molecular complexity index is 832. The van der Waals surface area contributed by atoms with Gasteiger partial charge in [-0.3, -0.25) is 0 Å². The molecule has 2 saturated heterocycles. The van der Waals surface area contributed by atoms with Crippen molar-refractivity contribution in [2.75, 3.05) is 31.1 Å². The van der Waals surface area contributed by atoms with Gasteiger partial charge in [0.05, 0.1) is 10.6 Å². The number of hydrogen-bond acceptors (Lipinski definition) is 5.